The summed E-state index contributed by atoms with van der Waals surface area (Å²) < 4.78 is 0. The largest absolute Gasteiger partial charge is 0.344 e. The van der Waals surface area contributed by atoms with Gasteiger partial charge < -0.3 is 5.32 Å². The van der Waals surface area contributed by atoms with E-state index >= 15 is 0 Å². The Morgan fingerprint density at radius 1 is 0.884 bits per heavy atom. The third-order valence-electron chi connectivity index (χ3n) is 9.26. The van der Waals surface area contributed by atoms with Crippen molar-refractivity contribution in [1.82, 2.24) is 15.2 Å². The molecule has 2 bridgehead atoms. The highest BCUT2D eigenvalue weighted by molar-refractivity contribution is 7.80. The molecule has 8 rings (SSSR count). The lowest BCUT2D eigenvalue weighted by molar-refractivity contribution is 0.00171. The molecule has 0 spiro atoms. The zero-order valence-electron chi connectivity index (χ0n) is 24.2. The van der Waals surface area contributed by atoms with Gasteiger partial charge in [0.15, 0.2) is 0 Å². The fraction of sp³-hybridized carbons (Fsp3) is 0.211. The van der Waals surface area contributed by atoms with Crippen LogP contribution in [0, 0.1) is 11.8 Å². The number of fused-ring (bicyclic) bond motifs is 4. The molecule has 0 saturated carbocycles. The molecule has 5 aromatic rings. The number of rotatable bonds is 8. The standard InChI is InChI=1S/C38H36N3OP/c1-2-27-26-41-24-22-28(27)25-35(41)37(32-21-23-39-34-19-11-9-17-31(32)34)40-38(42)33-18-10-12-20-36(33)43(29-13-5-3-6-14-29)30-15-7-4-8-16-30/h2-21,23,27-28,35,37H,1,22,24-26H2,(H,40,42)/t27?,28?,35?,37-/m0/s1. The number of pyridine rings is 1. The van der Waals surface area contributed by atoms with Crippen LogP contribution in [0.15, 0.2) is 134 Å². The van der Waals surface area contributed by atoms with E-state index in [4.69, 9.17) is 0 Å². The van der Waals surface area contributed by atoms with Crippen molar-refractivity contribution in [2.24, 2.45) is 11.8 Å². The number of benzene rings is 4. The van der Waals surface area contributed by atoms with Crippen LogP contribution >= 0.6 is 7.92 Å². The fourth-order valence-electron chi connectivity index (χ4n) is 7.16. The van der Waals surface area contributed by atoms with Crippen LogP contribution in [0.1, 0.15) is 34.8 Å². The van der Waals surface area contributed by atoms with Crippen molar-refractivity contribution in [3.8, 4) is 0 Å². The Morgan fingerprint density at radius 2 is 1.56 bits per heavy atom. The van der Waals surface area contributed by atoms with Crippen molar-refractivity contribution in [1.29, 1.82) is 0 Å². The third-order valence-corrected chi connectivity index (χ3v) is 11.8. The number of nitrogens with one attached hydrogen (secondary N) is 1. The highest BCUT2D eigenvalue weighted by Crippen LogP contribution is 2.42. The lowest BCUT2D eigenvalue weighted by atomic mass is 9.73. The first kappa shape index (κ1) is 27.7. The van der Waals surface area contributed by atoms with E-state index in [1.165, 1.54) is 17.0 Å². The van der Waals surface area contributed by atoms with E-state index in [2.05, 4.69) is 113 Å². The molecule has 214 valence electrons. The second-order valence-electron chi connectivity index (χ2n) is 11.6. The Balaban J connectivity index is 1.30. The van der Waals surface area contributed by atoms with Gasteiger partial charge in [0.05, 0.1) is 11.6 Å². The van der Waals surface area contributed by atoms with Gasteiger partial charge in [0.2, 0.25) is 0 Å². The van der Waals surface area contributed by atoms with Crippen LogP contribution in [-0.4, -0.2) is 34.9 Å². The molecular formula is C38H36N3OP. The number of nitrogens with zero attached hydrogens (tertiary/aromatic N) is 2. The molecule has 1 N–H and O–H groups in total. The average Bonchev–Trinajstić information content (AvgIpc) is 3.08. The number of hydrogen-bond donors (Lipinski definition) is 1. The maximum Gasteiger partial charge on any atom is 0.252 e. The summed E-state index contributed by atoms with van der Waals surface area (Å²) in [6, 6.07) is 39.8. The van der Waals surface area contributed by atoms with Crippen LogP contribution in [0.25, 0.3) is 10.9 Å². The maximum absolute atomic E-state index is 14.6. The molecule has 4 aromatic carbocycles. The molecule has 1 amide bonds. The molecule has 5 heteroatoms. The minimum absolute atomic E-state index is 0.0243. The molecule has 0 aliphatic carbocycles. The van der Waals surface area contributed by atoms with Gasteiger partial charge in [-0.15, -0.1) is 6.58 Å². The van der Waals surface area contributed by atoms with Gasteiger partial charge in [-0.3, -0.25) is 14.7 Å². The summed E-state index contributed by atoms with van der Waals surface area (Å²) in [6.45, 7) is 6.19. The Labute approximate surface area is 255 Å². The number of aromatic nitrogens is 1. The molecule has 4 heterocycles. The Hall–Kier alpha value is -4.11. The topological polar surface area (TPSA) is 45.2 Å². The predicted molar refractivity (Wildman–Crippen MR) is 179 cm³/mol. The smallest absolute Gasteiger partial charge is 0.252 e. The normalized spacial score (nSPS) is 21.9. The Morgan fingerprint density at radius 3 is 2.26 bits per heavy atom. The van der Waals surface area contributed by atoms with Gasteiger partial charge in [0.25, 0.3) is 5.91 Å². The molecule has 3 fully saturated rings. The highest BCUT2D eigenvalue weighted by atomic mass is 31.1. The van der Waals surface area contributed by atoms with E-state index in [9.17, 15) is 4.79 Å². The van der Waals surface area contributed by atoms with Crippen molar-refractivity contribution >= 4 is 40.6 Å². The van der Waals surface area contributed by atoms with Gasteiger partial charge >= 0.3 is 0 Å². The molecule has 5 atom stereocenters. The minimum Gasteiger partial charge on any atom is -0.344 e. The van der Waals surface area contributed by atoms with Gasteiger partial charge in [0.1, 0.15) is 0 Å². The molecule has 4 nitrogen and oxygen atoms in total. The van der Waals surface area contributed by atoms with Gasteiger partial charge in [-0.25, -0.2) is 0 Å². The molecule has 3 saturated heterocycles. The lowest BCUT2D eigenvalue weighted by Crippen LogP contribution is -2.57. The average molecular weight is 582 g/mol. The number of carbonyl (C=O) groups excluding carboxylic acids is 1. The van der Waals surface area contributed by atoms with Crippen LogP contribution in [0.4, 0.5) is 0 Å². The van der Waals surface area contributed by atoms with Crippen LogP contribution in [0.2, 0.25) is 0 Å². The summed E-state index contributed by atoms with van der Waals surface area (Å²) >= 11 is 0. The first-order valence-corrected chi connectivity index (χ1v) is 16.6. The fourth-order valence-corrected chi connectivity index (χ4v) is 9.60. The molecule has 1 aromatic heterocycles. The van der Waals surface area contributed by atoms with Crippen molar-refractivity contribution < 1.29 is 4.79 Å². The van der Waals surface area contributed by atoms with Crippen molar-refractivity contribution in [3.63, 3.8) is 0 Å². The quantitative estimate of drug-likeness (QED) is 0.171. The second-order valence-corrected chi connectivity index (χ2v) is 13.8. The van der Waals surface area contributed by atoms with E-state index in [0.717, 1.165) is 46.8 Å². The minimum atomic E-state index is -0.927. The van der Waals surface area contributed by atoms with Crippen LogP contribution in [0.3, 0.4) is 0 Å². The molecule has 3 aliphatic heterocycles. The zero-order chi connectivity index (χ0) is 29.2. The summed E-state index contributed by atoms with van der Waals surface area (Å²) in [7, 11) is -0.927. The summed E-state index contributed by atoms with van der Waals surface area (Å²) in [6.07, 6.45) is 6.25. The first-order valence-electron chi connectivity index (χ1n) is 15.2. The molecular weight excluding hydrogens is 545 g/mol. The molecule has 0 radical (unpaired) electrons. The van der Waals surface area contributed by atoms with Gasteiger partial charge in [0, 0.05) is 29.7 Å². The summed E-state index contributed by atoms with van der Waals surface area (Å²) in [5.74, 6) is 1.08. The Kier molecular flexibility index (Phi) is 7.89. The molecule has 4 unspecified atom stereocenters. The number of hydrogen-bond acceptors (Lipinski definition) is 3. The van der Waals surface area contributed by atoms with Crippen LogP contribution < -0.4 is 21.2 Å². The maximum atomic E-state index is 14.6. The van der Waals surface area contributed by atoms with E-state index in [0.29, 0.717) is 11.8 Å². The van der Waals surface area contributed by atoms with E-state index in [1.807, 2.05) is 36.5 Å². The summed E-state index contributed by atoms with van der Waals surface area (Å²) in [5, 5.41) is 8.23. The van der Waals surface area contributed by atoms with Gasteiger partial charge in [-0.05, 0) is 78.8 Å². The Bertz CT molecular complexity index is 1700. The number of para-hydroxylation sites is 1. The SMILES string of the molecule is C=CC1CN2CCC1CC2[C@@H](NC(=O)c1ccccc1P(c1ccccc1)c1ccccc1)c1ccnc2ccccc12. The van der Waals surface area contributed by atoms with E-state index in [1.54, 1.807) is 0 Å². The second kappa shape index (κ2) is 12.2. The number of piperidine rings is 3. The first-order chi connectivity index (χ1) is 21.2. The van der Waals surface area contributed by atoms with E-state index < -0.39 is 7.92 Å². The lowest BCUT2D eigenvalue weighted by Gasteiger charge is -2.51. The monoisotopic (exact) mass is 581 g/mol. The summed E-state index contributed by atoms with van der Waals surface area (Å²) in [4.78, 5) is 21.8. The third kappa shape index (κ3) is 5.42. The van der Waals surface area contributed by atoms with Crippen LogP contribution in [-0.2, 0) is 0 Å². The van der Waals surface area contributed by atoms with Gasteiger partial charge in [-0.2, -0.15) is 0 Å². The van der Waals surface area contributed by atoms with Crippen LogP contribution in [0.5, 0.6) is 0 Å². The van der Waals surface area contributed by atoms with E-state index in [-0.39, 0.29) is 18.0 Å². The number of amides is 1. The summed E-state index contributed by atoms with van der Waals surface area (Å²) in [5.41, 5.74) is 2.83. The van der Waals surface area contributed by atoms with Crippen molar-refractivity contribution in [2.45, 2.75) is 24.9 Å². The van der Waals surface area contributed by atoms with Crippen molar-refractivity contribution in [3.05, 3.63) is 145 Å². The van der Waals surface area contributed by atoms with Crippen molar-refractivity contribution in [2.75, 3.05) is 13.1 Å². The highest BCUT2D eigenvalue weighted by Gasteiger charge is 2.43. The zero-order valence-corrected chi connectivity index (χ0v) is 25.1. The molecule has 43 heavy (non-hydrogen) atoms. The molecule has 3 aliphatic rings. The predicted octanol–water partition coefficient (Wildman–Crippen LogP) is 6.36. The number of carbonyl (C=O) groups is 1. The van der Waals surface area contributed by atoms with Gasteiger partial charge in [-0.1, -0.05) is 103 Å².